The van der Waals surface area contributed by atoms with E-state index in [1.54, 1.807) is 0 Å². The maximum atomic E-state index is 12.2. The Morgan fingerprint density at radius 2 is 0.861 bits per heavy atom. The molecule has 0 atom stereocenters. The smallest absolute Gasteiger partial charge is 0.232 e. The first-order valence-corrected chi connectivity index (χ1v) is 16.0. The van der Waals surface area contributed by atoms with E-state index in [2.05, 4.69) is 9.44 Å². The van der Waals surface area contributed by atoms with E-state index in [1.807, 2.05) is 0 Å². The maximum absolute atomic E-state index is 12.2. The fourth-order valence-electron chi connectivity index (χ4n) is 3.62. The predicted molar refractivity (Wildman–Crippen MR) is 147 cm³/mol. The number of unbranched alkanes of at least 4 members (excludes halogenated alkanes) is 9. The molecular formula is C24H34Cl2N2O6S2. The quantitative estimate of drug-likeness (QED) is 0.125. The fraction of sp³-hybridized carbons (Fsp3) is 0.500. The van der Waals surface area contributed by atoms with Crippen LogP contribution in [0.3, 0.4) is 0 Å². The molecule has 0 saturated heterocycles. The third-order valence-corrected chi connectivity index (χ3v) is 8.71. The van der Waals surface area contributed by atoms with Crippen molar-refractivity contribution >= 4 is 54.6 Å². The minimum atomic E-state index is -3.55. The van der Waals surface area contributed by atoms with Crippen molar-refractivity contribution in [1.29, 1.82) is 0 Å². The van der Waals surface area contributed by atoms with E-state index < -0.39 is 20.0 Å². The van der Waals surface area contributed by atoms with Gasteiger partial charge in [0, 0.05) is 10.0 Å². The molecule has 2 rings (SSSR count). The highest BCUT2D eigenvalue weighted by molar-refractivity contribution is 7.92. The number of hydrogen-bond donors (Lipinski definition) is 4. The number of halogens is 2. The molecule has 0 aliphatic rings. The number of rotatable bonds is 17. The van der Waals surface area contributed by atoms with Gasteiger partial charge in [-0.1, -0.05) is 74.6 Å². The number of nitrogens with one attached hydrogen (secondary N) is 2. The summed E-state index contributed by atoms with van der Waals surface area (Å²) in [7, 11) is -7.10. The molecule has 0 aliphatic heterocycles. The lowest BCUT2D eigenvalue weighted by Gasteiger charge is -2.10. The number of sulfonamides is 2. The van der Waals surface area contributed by atoms with Gasteiger partial charge in [0.2, 0.25) is 20.0 Å². The van der Waals surface area contributed by atoms with Gasteiger partial charge in [0.25, 0.3) is 0 Å². The highest BCUT2D eigenvalue weighted by Crippen LogP contribution is 2.28. The number of phenols is 2. The summed E-state index contributed by atoms with van der Waals surface area (Å²) in [6.45, 7) is 0. The molecule has 0 heterocycles. The van der Waals surface area contributed by atoms with Crippen LogP contribution in [0.4, 0.5) is 11.4 Å². The lowest BCUT2D eigenvalue weighted by molar-refractivity contribution is 0.477. The zero-order valence-corrected chi connectivity index (χ0v) is 23.2. The lowest BCUT2D eigenvalue weighted by Crippen LogP contribution is -2.16. The van der Waals surface area contributed by atoms with Crippen LogP contribution in [0.15, 0.2) is 36.4 Å². The van der Waals surface area contributed by atoms with Crippen LogP contribution in [0, 0.1) is 0 Å². The molecule has 8 nitrogen and oxygen atoms in total. The van der Waals surface area contributed by atoms with E-state index >= 15 is 0 Å². The van der Waals surface area contributed by atoms with Crippen molar-refractivity contribution in [1.82, 2.24) is 0 Å². The first-order chi connectivity index (χ1) is 17.0. The molecule has 2 aromatic carbocycles. The molecule has 2 aromatic rings. The Morgan fingerprint density at radius 1 is 0.556 bits per heavy atom. The van der Waals surface area contributed by atoms with Gasteiger partial charge in [-0.05, 0) is 49.2 Å². The summed E-state index contributed by atoms with van der Waals surface area (Å²) in [6, 6.07) is 8.39. The molecular weight excluding hydrogens is 547 g/mol. The Balaban J connectivity index is 1.49. The summed E-state index contributed by atoms with van der Waals surface area (Å²) >= 11 is 11.7. The summed E-state index contributed by atoms with van der Waals surface area (Å²) in [5.74, 6) is -0.375. The highest BCUT2D eigenvalue weighted by Gasteiger charge is 2.14. The summed E-state index contributed by atoms with van der Waals surface area (Å²) in [5.41, 5.74) is 0.161. The van der Waals surface area contributed by atoms with Crippen molar-refractivity contribution in [2.45, 2.75) is 64.2 Å². The minimum Gasteiger partial charge on any atom is -0.506 e. The summed E-state index contributed by atoms with van der Waals surface area (Å²) in [5, 5.41) is 20.1. The average Bonchev–Trinajstić information content (AvgIpc) is 2.79. The van der Waals surface area contributed by atoms with E-state index in [0.717, 1.165) is 51.4 Å². The zero-order valence-electron chi connectivity index (χ0n) is 20.0. The van der Waals surface area contributed by atoms with Gasteiger partial charge in [0.1, 0.15) is 11.5 Å². The van der Waals surface area contributed by atoms with Gasteiger partial charge < -0.3 is 10.2 Å². The van der Waals surface area contributed by atoms with E-state index in [9.17, 15) is 27.0 Å². The van der Waals surface area contributed by atoms with Gasteiger partial charge in [0.05, 0.1) is 22.9 Å². The second kappa shape index (κ2) is 14.8. The van der Waals surface area contributed by atoms with Crippen molar-refractivity contribution in [3.05, 3.63) is 46.4 Å². The first kappa shape index (κ1) is 30.3. The molecule has 0 radical (unpaired) electrons. The van der Waals surface area contributed by atoms with Gasteiger partial charge in [-0.3, -0.25) is 9.44 Å². The average molecular weight is 582 g/mol. The van der Waals surface area contributed by atoms with Gasteiger partial charge in [-0.15, -0.1) is 0 Å². The zero-order chi connectivity index (χ0) is 26.6. The third kappa shape index (κ3) is 11.9. The molecule has 0 saturated carbocycles. The summed E-state index contributed by atoms with van der Waals surface area (Å²) < 4.78 is 53.5. The largest absolute Gasteiger partial charge is 0.506 e. The van der Waals surface area contributed by atoms with E-state index in [0.29, 0.717) is 22.9 Å². The molecule has 0 spiro atoms. The van der Waals surface area contributed by atoms with Crippen LogP contribution in [0.25, 0.3) is 0 Å². The van der Waals surface area contributed by atoms with Crippen LogP contribution < -0.4 is 9.44 Å². The number of phenolic OH excluding ortho intramolecular Hbond substituents is 2. The molecule has 202 valence electrons. The van der Waals surface area contributed by atoms with Crippen LogP contribution >= 0.6 is 23.2 Å². The number of aromatic hydroxyl groups is 2. The first-order valence-electron chi connectivity index (χ1n) is 12.0. The maximum Gasteiger partial charge on any atom is 0.232 e. The number of anilines is 2. The Morgan fingerprint density at radius 3 is 1.19 bits per heavy atom. The summed E-state index contributed by atoms with van der Waals surface area (Å²) in [6.07, 6.45) is 8.69. The Bertz CT molecular complexity index is 1100. The van der Waals surface area contributed by atoms with Gasteiger partial charge in [0.15, 0.2) is 0 Å². The normalized spacial score (nSPS) is 11.9. The molecule has 12 heteroatoms. The Kier molecular flexibility index (Phi) is 12.4. The lowest BCUT2D eigenvalue weighted by atomic mass is 10.1. The van der Waals surface area contributed by atoms with Crippen LogP contribution in [0.5, 0.6) is 11.5 Å². The van der Waals surface area contributed by atoms with Crippen LogP contribution in [-0.4, -0.2) is 38.6 Å². The van der Waals surface area contributed by atoms with Crippen molar-refractivity contribution in [2.24, 2.45) is 0 Å². The Hall–Kier alpha value is -1.88. The van der Waals surface area contributed by atoms with Gasteiger partial charge in [-0.25, -0.2) is 16.8 Å². The molecule has 4 N–H and O–H groups in total. The third-order valence-electron chi connectivity index (χ3n) is 5.52. The number of hydrogen-bond acceptors (Lipinski definition) is 6. The molecule has 0 aromatic heterocycles. The van der Waals surface area contributed by atoms with Gasteiger partial charge in [-0.2, -0.15) is 0 Å². The summed E-state index contributed by atoms with van der Waals surface area (Å²) in [4.78, 5) is 0. The SMILES string of the molecule is O=S(=O)(CCCCCCCCCCCCS(=O)(=O)Nc1cc(Cl)ccc1O)Nc1cc(Cl)ccc1O. The minimum absolute atomic E-state index is 0.0202. The molecule has 0 fully saturated rings. The molecule has 0 bridgehead atoms. The molecule has 36 heavy (non-hydrogen) atoms. The predicted octanol–water partition coefficient (Wildman–Crippen LogP) is 6.49. The van der Waals surface area contributed by atoms with E-state index in [1.165, 1.54) is 36.4 Å². The standard InChI is InChI=1S/C24H34Cl2N2O6S2/c25-19-11-13-23(29)21(17-19)27-35(31,32)15-9-7-5-3-1-2-4-6-8-10-16-36(33,34)28-22-18-20(26)12-14-24(22)30/h11-14,17-18,27-30H,1-10,15-16H2. The van der Waals surface area contributed by atoms with Crippen molar-refractivity contribution < 1.29 is 27.0 Å². The van der Waals surface area contributed by atoms with E-state index in [-0.39, 0.29) is 34.4 Å². The van der Waals surface area contributed by atoms with Crippen LogP contribution in [0.1, 0.15) is 64.2 Å². The second-order valence-electron chi connectivity index (χ2n) is 8.70. The second-order valence-corrected chi connectivity index (χ2v) is 13.3. The van der Waals surface area contributed by atoms with Crippen molar-refractivity contribution in [3.63, 3.8) is 0 Å². The topological polar surface area (TPSA) is 133 Å². The van der Waals surface area contributed by atoms with Crippen molar-refractivity contribution in [2.75, 3.05) is 20.9 Å². The fourth-order valence-corrected chi connectivity index (χ4v) is 6.33. The van der Waals surface area contributed by atoms with Crippen molar-refractivity contribution in [3.8, 4) is 11.5 Å². The molecule has 0 amide bonds. The van der Waals surface area contributed by atoms with E-state index in [4.69, 9.17) is 23.2 Å². The van der Waals surface area contributed by atoms with Crippen LogP contribution in [-0.2, 0) is 20.0 Å². The molecule has 0 unspecified atom stereocenters. The Labute approximate surface area is 224 Å². The monoisotopic (exact) mass is 580 g/mol. The van der Waals surface area contributed by atoms with Crippen LogP contribution in [0.2, 0.25) is 10.0 Å². The molecule has 0 aliphatic carbocycles. The highest BCUT2D eigenvalue weighted by atomic mass is 35.5. The number of benzene rings is 2. The van der Waals surface area contributed by atoms with Gasteiger partial charge >= 0.3 is 0 Å².